The molecule has 0 aromatic carbocycles. The molecular weight excluding hydrogens is 300 g/mol. The molecule has 0 amide bonds. The van der Waals surface area contributed by atoms with Gasteiger partial charge in [0.15, 0.2) is 5.65 Å². The molecule has 120 valence electrons. The van der Waals surface area contributed by atoms with Crippen LogP contribution >= 0.6 is 0 Å². The highest BCUT2D eigenvalue weighted by Crippen LogP contribution is 2.25. The fourth-order valence-corrected chi connectivity index (χ4v) is 4.52. The highest BCUT2D eigenvalue weighted by atomic mass is 32.2. The summed E-state index contributed by atoms with van der Waals surface area (Å²) in [5, 5.41) is 5.09. The van der Waals surface area contributed by atoms with Crippen molar-refractivity contribution in [3.8, 4) is 0 Å². The molecule has 3 rings (SSSR count). The largest absolute Gasteiger partial charge is 0.250 e. The van der Waals surface area contributed by atoms with Gasteiger partial charge in [-0.1, -0.05) is 6.92 Å². The van der Waals surface area contributed by atoms with E-state index < -0.39 is 10.0 Å². The van der Waals surface area contributed by atoms with Crippen molar-refractivity contribution >= 4 is 21.1 Å². The molecule has 0 spiro atoms. The molecule has 1 aliphatic heterocycles. The van der Waals surface area contributed by atoms with Gasteiger partial charge in [-0.15, -0.1) is 0 Å². The molecule has 7 heteroatoms. The molecule has 22 heavy (non-hydrogen) atoms. The lowest BCUT2D eigenvalue weighted by Gasteiger charge is -2.19. The summed E-state index contributed by atoms with van der Waals surface area (Å²) in [4.78, 5) is 4.56. The van der Waals surface area contributed by atoms with Crippen LogP contribution in [0.4, 0.5) is 0 Å². The molecule has 6 nitrogen and oxygen atoms in total. The molecule has 2 aromatic rings. The molecule has 3 heterocycles. The monoisotopic (exact) mass is 322 g/mol. The van der Waals surface area contributed by atoms with Gasteiger partial charge in [-0.2, -0.15) is 9.40 Å². The first-order valence-electron chi connectivity index (χ1n) is 7.69. The Morgan fingerprint density at radius 2 is 2.05 bits per heavy atom. The van der Waals surface area contributed by atoms with Crippen molar-refractivity contribution in [2.24, 2.45) is 13.0 Å². The summed E-state index contributed by atoms with van der Waals surface area (Å²) in [5.41, 5.74) is 1.51. The number of hydrogen-bond acceptors (Lipinski definition) is 4. The number of nitrogens with zero attached hydrogens (tertiary/aromatic N) is 4. The van der Waals surface area contributed by atoms with Gasteiger partial charge in [0.05, 0.1) is 5.69 Å². The molecule has 1 fully saturated rings. The van der Waals surface area contributed by atoms with E-state index in [1.165, 1.54) is 6.20 Å². The Bertz CT molecular complexity index is 797. The predicted molar refractivity (Wildman–Crippen MR) is 85.0 cm³/mol. The minimum Gasteiger partial charge on any atom is -0.250 e. The second kappa shape index (κ2) is 5.62. The maximum Gasteiger partial charge on any atom is 0.244 e. The van der Waals surface area contributed by atoms with Crippen LogP contribution in [-0.2, 0) is 17.1 Å². The van der Waals surface area contributed by atoms with Gasteiger partial charge < -0.3 is 0 Å². The zero-order chi connectivity index (χ0) is 15.9. The third-order valence-corrected chi connectivity index (χ3v) is 6.32. The lowest BCUT2D eigenvalue weighted by atomic mass is 10.0. The molecule has 1 saturated heterocycles. The Labute approximate surface area is 131 Å². The minimum atomic E-state index is -3.47. The van der Waals surface area contributed by atoms with Crippen molar-refractivity contribution in [3.63, 3.8) is 0 Å². The highest BCUT2D eigenvalue weighted by molar-refractivity contribution is 7.89. The summed E-state index contributed by atoms with van der Waals surface area (Å²) in [6.45, 7) is 5.24. The van der Waals surface area contributed by atoms with Crippen molar-refractivity contribution in [3.05, 3.63) is 18.0 Å². The van der Waals surface area contributed by atoms with Gasteiger partial charge >= 0.3 is 0 Å². The van der Waals surface area contributed by atoms with E-state index in [0.29, 0.717) is 24.7 Å². The summed E-state index contributed by atoms with van der Waals surface area (Å²) >= 11 is 0. The van der Waals surface area contributed by atoms with Gasteiger partial charge in [-0.25, -0.2) is 13.4 Å². The van der Waals surface area contributed by atoms with E-state index in [0.717, 1.165) is 30.3 Å². The quantitative estimate of drug-likeness (QED) is 0.849. The second-order valence-electron chi connectivity index (χ2n) is 6.19. The number of aryl methyl sites for hydroxylation is 2. The first-order valence-corrected chi connectivity index (χ1v) is 9.13. The molecular formula is C15H22N4O2S. The third kappa shape index (κ3) is 2.63. The fourth-order valence-electron chi connectivity index (χ4n) is 3.06. The van der Waals surface area contributed by atoms with Gasteiger partial charge in [0, 0.05) is 31.7 Å². The van der Waals surface area contributed by atoms with E-state index >= 15 is 0 Å². The van der Waals surface area contributed by atoms with E-state index in [2.05, 4.69) is 17.0 Å². The molecule has 1 aliphatic rings. The lowest BCUT2D eigenvalue weighted by molar-refractivity contribution is 0.416. The zero-order valence-electron chi connectivity index (χ0n) is 13.3. The Kier molecular flexibility index (Phi) is 3.94. The van der Waals surface area contributed by atoms with Gasteiger partial charge in [-0.05, 0) is 38.2 Å². The average Bonchev–Trinajstić information content (AvgIpc) is 2.65. The fraction of sp³-hybridized carbons (Fsp3) is 0.600. The van der Waals surface area contributed by atoms with Crippen LogP contribution in [0.2, 0.25) is 0 Å². The van der Waals surface area contributed by atoms with Gasteiger partial charge in [0.2, 0.25) is 10.0 Å². The summed E-state index contributed by atoms with van der Waals surface area (Å²) in [7, 11) is -1.66. The van der Waals surface area contributed by atoms with E-state index in [9.17, 15) is 8.42 Å². The summed E-state index contributed by atoms with van der Waals surface area (Å²) in [6, 6.07) is 1.70. The Morgan fingerprint density at radius 3 is 2.82 bits per heavy atom. The Morgan fingerprint density at radius 1 is 1.27 bits per heavy atom. The maximum absolute atomic E-state index is 12.9. The Hall–Kier alpha value is -1.47. The molecule has 0 aliphatic carbocycles. The molecule has 0 bridgehead atoms. The van der Waals surface area contributed by atoms with E-state index in [-0.39, 0.29) is 4.90 Å². The van der Waals surface area contributed by atoms with Crippen LogP contribution in [0.25, 0.3) is 11.0 Å². The topological polar surface area (TPSA) is 68.1 Å². The summed E-state index contributed by atoms with van der Waals surface area (Å²) in [6.07, 6.45) is 4.38. The van der Waals surface area contributed by atoms with Crippen LogP contribution < -0.4 is 0 Å². The van der Waals surface area contributed by atoms with Crippen molar-refractivity contribution < 1.29 is 8.42 Å². The highest BCUT2D eigenvalue weighted by Gasteiger charge is 2.27. The molecule has 2 aromatic heterocycles. The van der Waals surface area contributed by atoms with Crippen LogP contribution in [0.15, 0.2) is 17.2 Å². The normalized spacial score (nSPS) is 21.1. The molecule has 0 saturated carbocycles. The minimum absolute atomic E-state index is 0.269. The van der Waals surface area contributed by atoms with Crippen molar-refractivity contribution in [1.82, 2.24) is 19.1 Å². The van der Waals surface area contributed by atoms with Crippen LogP contribution in [0.5, 0.6) is 0 Å². The average molecular weight is 322 g/mol. The van der Waals surface area contributed by atoms with E-state index in [1.807, 2.05) is 14.0 Å². The summed E-state index contributed by atoms with van der Waals surface area (Å²) in [5.74, 6) is 0.585. The first-order chi connectivity index (χ1) is 10.4. The number of aromatic nitrogens is 3. The second-order valence-corrected chi connectivity index (χ2v) is 8.13. The van der Waals surface area contributed by atoms with Crippen molar-refractivity contribution in [2.75, 3.05) is 13.1 Å². The van der Waals surface area contributed by atoms with Gasteiger partial charge in [-0.3, -0.25) is 4.68 Å². The van der Waals surface area contributed by atoms with Crippen molar-refractivity contribution in [2.45, 2.75) is 38.0 Å². The number of fused-ring (bicyclic) bond motifs is 1. The van der Waals surface area contributed by atoms with Gasteiger partial charge in [0.1, 0.15) is 4.90 Å². The van der Waals surface area contributed by atoms with Crippen LogP contribution in [-0.4, -0.2) is 40.6 Å². The molecule has 0 N–H and O–H groups in total. The van der Waals surface area contributed by atoms with Crippen molar-refractivity contribution in [1.29, 1.82) is 0 Å². The first kappa shape index (κ1) is 15.4. The zero-order valence-corrected chi connectivity index (χ0v) is 14.1. The number of rotatable bonds is 2. The van der Waals surface area contributed by atoms with Crippen LogP contribution in [0.1, 0.15) is 31.9 Å². The SMILES string of the molecule is Cc1nn(C)c2ncc(S(=O)(=O)N3CCC[C@H](C)CC3)cc12. The maximum atomic E-state index is 12.9. The van der Waals surface area contributed by atoms with E-state index in [4.69, 9.17) is 0 Å². The van der Waals surface area contributed by atoms with Gasteiger partial charge in [0.25, 0.3) is 0 Å². The smallest absolute Gasteiger partial charge is 0.244 e. The van der Waals surface area contributed by atoms with E-state index in [1.54, 1.807) is 15.1 Å². The third-order valence-electron chi connectivity index (χ3n) is 4.45. The number of hydrogen-bond donors (Lipinski definition) is 0. The lowest BCUT2D eigenvalue weighted by Crippen LogP contribution is -2.32. The van der Waals surface area contributed by atoms with Crippen LogP contribution in [0.3, 0.4) is 0 Å². The molecule has 1 atom stereocenters. The van der Waals surface area contributed by atoms with Crippen LogP contribution in [0, 0.1) is 12.8 Å². The number of pyridine rings is 1. The molecule has 0 unspecified atom stereocenters. The standard InChI is InChI=1S/C15H22N4O2S/c1-11-5-4-7-19(8-6-11)22(20,21)13-9-14-12(2)17-18(3)15(14)16-10-13/h9-11H,4-8H2,1-3H3/t11-/m0/s1. The predicted octanol–water partition coefficient (Wildman–Crippen LogP) is 2.09. The Balaban J connectivity index is 1.99. The summed E-state index contributed by atoms with van der Waals surface area (Å²) < 4.78 is 29.0. The molecule has 0 radical (unpaired) electrons. The number of sulfonamides is 1.